The quantitative estimate of drug-likeness (QED) is 0.662. The van der Waals surface area contributed by atoms with Gasteiger partial charge in [0, 0.05) is 0 Å². The van der Waals surface area contributed by atoms with Crippen LogP contribution in [-0.4, -0.2) is 35.8 Å². The molecule has 1 aliphatic heterocycles. The van der Waals surface area contributed by atoms with Crippen LogP contribution in [0, 0.1) is 11.8 Å². The van der Waals surface area contributed by atoms with Crippen LogP contribution in [-0.2, 0) is 14.4 Å². The van der Waals surface area contributed by atoms with E-state index >= 15 is 0 Å². The average Bonchev–Trinajstić information content (AvgIpc) is 2.82. The predicted molar refractivity (Wildman–Crippen MR) is 88.3 cm³/mol. The minimum Gasteiger partial charge on any atom is -0.492 e. The number of imide groups is 1. The van der Waals surface area contributed by atoms with Gasteiger partial charge in [0.2, 0.25) is 17.7 Å². The van der Waals surface area contributed by atoms with Crippen molar-refractivity contribution in [2.24, 2.45) is 11.8 Å². The molecule has 1 fully saturated rings. The molecule has 1 aromatic rings. The molecule has 1 aromatic carbocycles. The molecule has 1 aliphatic carbocycles. The summed E-state index contributed by atoms with van der Waals surface area (Å²) >= 11 is 0. The Labute approximate surface area is 140 Å². The van der Waals surface area contributed by atoms with Crippen molar-refractivity contribution < 1.29 is 19.1 Å². The lowest BCUT2D eigenvalue weighted by molar-refractivity contribution is -0.142. The van der Waals surface area contributed by atoms with Gasteiger partial charge in [-0.15, -0.1) is 0 Å². The largest absolute Gasteiger partial charge is 0.492 e. The van der Waals surface area contributed by atoms with Gasteiger partial charge in [-0.25, -0.2) is 0 Å². The molecule has 0 unspecified atom stereocenters. The summed E-state index contributed by atoms with van der Waals surface area (Å²) in [6.07, 6.45) is 4.99. The monoisotopic (exact) mass is 328 g/mol. The van der Waals surface area contributed by atoms with Crippen LogP contribution in [0.15, 0.2) is 36.4 Å². The fourth-order valence-electron chi connectivity index (χ4n) is 3.21. The number of benzene rings is 1. The number of ether oxygens (including phenoxy) is 1. The summed E-state index contributed by atoms with van der Waals surface area (Å²) in [5.41, 5.74) is 0.530. The number of anilines is 1. The maximum absolute atomic E-state index is 12.4. The zero-order valence-corrected chi connectivity index (χ0v) is 13.5. The maximum atomic E-state index is 12.4. The number of fused-ring (bicyclic) bond motifs is 1. The van der Waals surface area contributed by atoms with Gasteiger partial charge in [-0.3, -0.25) is 19.3 Å². The van der Waals surface area contributed by atoms with Crippen molar-refractivity contribution in [1.29, 1.82) is 0 Å². The summed E-state index contributed by atoms with van der Waals surface area (Å²) < 4.78 is 5.46. The number of allylic oxidation sites excluding steroid dienone is 2. The molecule has 1 saturated heterocycles. The van der Waals surface area contributed by atoms with Gasteiger partial charge < -0.3 is 10.1 Å². The minimum atomic E-state index is -0.407. The Morgan fingerprint density at radius 2 is 1.79 bits per heavy atom. The summed E-state index contributed by atoms with van der Waals surface area (Å²) in [6, 6.07) is 7.07. The van der Waals surface area contributed by atoms with Crippen LogP contribution in [0.2, 0.25) is 0 Å². The lowest BCUT2D eigenvalue weighted by Gasteiger charge is -2.16. The van der Waals surface area contributed by atoms with Crippen molar-refractivity contribution >= 4 is 23.4 Å². The number of carbonyl (C=O) groups is 3. The number of para-hydroxylation sites is 2. The molecule has 2 aliphatic rings. The Morgan fingerprint density at radius 1 is 1.17 bits per heavy atom. The van der Waals surface area contributed by atoms with Gasteiger partial charge in [0.25, 0.3) is 0 Å². The summed E-state index contributed by atoms with van der Waals surface area (Å²) in [7, 11) is 0. The van der Waals surface area contributed by atoms with Gasteiger partial charge >= 0.3 is 0 Å². The van der Waals surface area contributed by atoms with Crippen LogP contribution >= 0.6 is 0 Å². The second-order valence-corrected chi connectivity index (χ2v) is 5.90. The molecule has 0 saturated carbocycles. The Kier molecular flexibility index (Phi) is 4.64. The van der Waals surface area contributed by atoms with Gasteiger partial charge in [-0.1, -0.05) is 24.3 Å². The maximum Gasteiger partial charge on any atom is 0.244 e. The highest BCUT2D eigenvalue weighted by molar-refractivity contribution is 6.09. The number of nitrogens with one attached hydrogen (secondary N) is 1. The highest BCUT2D eigenvalue weighted by atomic mass is 16.5. The van der Waals surface area contributed by atoms with Crippen molar-refractivity contribution in [3.05, 3.63) is 36.4 Å². The van der Waals surface area contributed by atoms with Crippen LogP contribution in [0.1, 0.15) is 19.8 Å². The zero-order chi connectivity index (χ0) is 17.1. The van der Waals surface area contributed by atoms with E-state index in [0.717, 1.165) is 4.90 Å². The van der Waals surface area contributed by atoms with E-state index in [4.69, 9.17) is 4.74 Å². The first-order valence-corrected chi connectivity index (χ1v) is 8.13. The van der Waals surface area contributed by atoms with Gasteiger partial charge in [-0.05, 0) is 31.9 Å². The number of rotatable bonds is 5. The second kappa shape index (κ2) is 6.86. The van der Waals surface area contributed by atoms with Crippen molar-refractivity contribution in [1.82, 2.24) is 4.90 Å². The van der Waals surface area contributed by atoms with Crippen molar-refractivity contribution in [3.8, 4) is 5.75 Å². The van der Waals surface area contributed by atoms with Crippen LogP contribution in [0.3, 0.4) is 0 Å². The Morgan fingerprint density at radius 3 is 2.42 bits per heavy atom. The lowest BCUT2D eigenvalue weighted by atomic mass is 9.85. The number of amides is 3. The van der Waals surface area contributed by atoms with Crippen LogP contribution in [0.25, 0.3) is 0 Å². The number of hydrogen-bond donors (Lipinski definition) is 1. The molecule has 2 atom stereocenters. The molecule has 0 radical (unpaired) electrons. The summed E-state index contributed by atoms with van der Waals surface area (Å²) in [5.74, 6) is -0.969. The van der Waals surface area contributed by atoms with Crippen LogP contribution < -0.4 is 10.1 Å². The summed E-state index contributed by atoms with van der Waals surface area (Å²) in [5, 5.41) is 2.72. The van der Waals surface area contributed by atoms with E-state index < -0.39 is 5.91 Å². The molecular formula is C18H20N2O4. The molecule has 3 amide bonds. The molecule has 0 spiro atoms. The van der Waals surface area contributed by atoms with Gasteiger partial charge in [-0.2, -0.15) is 0 Å². The Bertz CT molecular complexity index is 672. The molecule has 1 N–H and O–H groups in total. The Balaban J connectivity index is 1.67. The fraction of sp³-hybridized carbons (Fsp3) is 0.389. The number of likely N-dealkylation sites (tertiary alicyclic amines) is 1. The minimum absolute atomic E-state index is 0.248. The molecule has 1 heterocycles. The SMILES string of the molecule is CCOc1ccccc1NC(=O)CN1C(=O)[C@H]2CC=CC[C@H]2C1=O. The molecule has 0 aromatic heterocycles. The van der Waals surface area contributed by atoms with Crippen LogP contribution in [0.4, 0.5) is 5.69 Å². The molecule has 0 bridgehead atoms. The van der Waals surface area contributed by atoms with Crippen molar-refractivity contribution in [2.45, 2.75) is 19.8 Å². The smallest absolute Gasteiger partial charge is 0.244 e. The third-order valence-corrected chi connectivity index (χ3v) is 4.36. The molecule has 126 valence electrons. The molecule has 6 heteroatoms. The lowest BCUT2D eigenvalue weighted by Crippen LogP contribution is -2.38. The van der Waals surface area contributed by atoms with Crippen LogP contribution in [0.5, 0.6) is 5.75 Å². The summed E-state index contributed by atoms with van der Waals surface area (Å²) in [4.78, 5) is 38.1. The second-order valence-electron chi connectivity index (χ2n) is 5.90. The van der Waals surface area contributed by atoms with E-state index in [2.05, 4.69) is 5.32 Å². The first-order chi connectivity index (χ1) is 11.6. The van der Waals surface area contributed by atoms with E-state index in [-0.39, 0.29) is 30.2 Å². The molecular weight excluding hydrogens is 308 g/mol. The zero-order valence-electron chi connectivity index (χ0n) is 13.5. The predicted octanol–water partition coefficient (Wildman–Crippen LogP) is 1.97. The molecule has 3 rings (SSSR count). The Hall–Kier alpha value is -2.63. The topological polar surface area (TPSA) is 75.7 Å². The normalized spacial score (nSPS) is 22.5. The summed E-state index contributed by atoms with van der Waals surface area (Å²) in [6.45, 7) is 2.08. The van der Waals surface area contributed by atoms with Gasteiger partial charge in [0.15, 0.2) is 0 Å². The molecule has 24 heavy (non-hydrogen) atoms. The van der Waals surface area contributed by atoms with Gasteiger partial charge in [0.05, 0.1) is 24.1 Å². The van der Waals surface area contributed by atoms with E-state index in [1.807, 2.05) is 25.1 Å². The van der Waals surface area contributed by atoms with Gasteiger partial charge in [0.1, 0.15) is 12.3 Å². The fourth-order valence-corrected chi connectivity index (χ4v) is 3.21. The number of nitrogens with zero attached hydrogens (tertiary/aromatic N) is 1. The van der Waals surface area contributed by atoms with Crippen molar-refractivity contribution in [3.63, 3.8) is 0 Å². The highest BCUT2D eigenvalue weighted by Gasteiger charge is 2.47. The first-order valence-electron chi connectivity index (χ1n) is 8.13. The molecule has 6 nitrogen and oxygen atoms in total. The standard InChI is InChI=1S/C18H20N2O4/c1-2-24-15-10-6-5-9-14(15)19-16(21)11-20-17(22)12-7-3-4-8-13(12)18(20)23/h3-6,9-10,12-13H,2,7-8,11H2,1H3,(H,19,21)/t12-,13+. The third-order valence-electron chi connectivity index (χ3n) is 4.36. The van der Waals surface area contributed by atoms with Crippen molar-refractivity contribution in [2.75, 3.05) is 18.5 Å². The first kappa shape index (κ1) is 16.2. The van der Waals surface area contributed by atoms with E-state index in [0.29, 0.717) is 30.9 Å². The van der Waals surface area contributed by atoms with E-state index in [9.17, 15) is 14.4 Å². The highest BCUT2D eigenvalue weighted by Crippen LogP contribution is 2.35. The number of hydrogen-bond acceptors (Lipinski definition) is 4. The number of carbonyl (C=O) groups excluding carboxylic acids is 3. The average molecular weight is 328 g/mol. The van der Waals surface area contributed by atoms with E-state index in [1.165, 1.54) is 0 Å². The third kappa shape index (κ3) is 3.04. The van der Waals surface area contributed by atoms with E-state index in [1.54, 1.807) is 18.2 Å².